The number of aliphatic imine (C=N–C) groups is 1. The molecule has 2 fully saturated rings. The summed E-state index contributed by atoms with van der Waals surface area (Å²) in [6.45, 7) is 10.2. The Kier molecular flexibility index (Phi) is 9.01. The molecule has 1 saturated heterocycles. The Bertz CT molecular complexity index is 339. The van der Waals surface area contributed by atoms with Crippen LogP contribution >= 0.6 is 24.0 Å². The first-order valence-electron chi connectivity index (χ1n) is 8.39. The SMILES string of the molecule is CN=C(NCCCC1CC1)NCC(C)(C)N1CCOCC1.I. The minimum absolute atomic E-state index is 0. The summed E-state index contributed by atoms with van der Waals surface area (Å²) in [6.07, 6.45) is 5.50. The van der Waals surface area contributed by atoms with Crippen LogP contribution in [0.5, 0.6) is 0 Å². The number of halogens is 1. The molecule has 2 aliphatic rings. The zero-order chi connectivity index (χ0) is 15.1. The van der Waals surface area contributed by atoms with E-state index in [-0.39, 0.29) is 29.5 Å². The van der Waals surface area contributed by atoms with Gasteiger partial charge >= 0.3 is 0 Å². The van der Waals surface area contributed by atoms with E-state index < -0.39 is 0 Å². The smallest absolute Gasteiger partial charge is 0.191 e. The highest BCUT2D eigenvalue weighted by atomic mass is 127. The second kappa shape index (κ2) is 9.93. The average Bonchev–Trinajstić information content (AvgIpc) is 3.31. The van der Waals surface area contributed by atoms with Gasteiger partial charge in [0.1, 0.15) is 0 Å². The molecule has 6 heteroatoms. The van der Waals surface area contributed by atoms with E-state index in [0.717, 1.165) is 51.3 Å². The lowest BCUT2D eigenvalue weighted by Crippen LogP contribution is -2.56. The van der Waals surface area contributed by atoms with Crippen LogP contribution in [0.4, 0.5) is 0 Å². The van der Waals surface area contributed by atoms with E-state index in [1.165, 1.54) is 25.7 Å². The van der Waals surface area contributed by atoms with Crippen molar-refractivity contribution >= 4 is 29.9 Å². The van der Waals surface area contributed by atoms with Gasteiger partial charge in [0.2, 0.25) is 0 Å². The normalized spacial score (nSPS) is 20.4. The van der Waals surface area contributed by atoms with Gasteiger partial charge in [-0.25, -0.2) is 0 Å². The summed E-state index contributed by atoms with van der Waals surface area (Å²) in [5.74, 6) is 1.94. The minimum Gasteiger partial charge on any atom is -0.379 e. The molecule has 0 unspecified atom stereocenters. The van der Waals surface area contributed by atoms with Crippen LogP contribution in [0.15, 0.2) is 4.99 Å². The van der Waals surface area contributed by atoms with Gasteiger partial charge in [0.05, 0.1) is 13.2 Å². The van der Waals surface area contributed by atoms with Gasteiger partial charge in [-0.15, -0.1) is 24.0 Å². The molecule has 130 valence electrons. The number of rotatable bonds is 7. The molecule has 1 aliphatic heterocycles. The van der Waals surface area contributed by atoms with Crippen LogP contribution in [0.1, 0.15) is 39.5 Å². The second-order valence-corrected chi connectivity index (χ2v) is 6.85. The number of hydrogen-bond donors (Lipinski definition) is 2. The summed E-state index contributed by atoms with van der Waals surface area (Å²) in [4.78, 5) is 6.81. The van der Waals surface area contributed by atoms with Crippen LogP contribution in [-0.2, 0) is 4.74 Å². The van der Waals surface area contributed by atoms with E-state index in [2.05, 4.69) is 34.4 Å². The van der Waals surface area contributed by atoms with Crippen molar-refractivity contribution in [3.8, 4) is 0 Å². The summed E-state index contributed by atoms with van der Waals surface area (Å²) in [6, 6.07) is 0. The fraction of sp³-hybridized carbons (Fsp3) is 0.938. The molecular weight excluding hydrogens is 391 g/mol. The van der Waals surface area contributed by atoms with Crippen molar-refractivity contribution in [1.82, 2.24) is 15.5 Å². The third-order valence-electron chi connectivity index (χ3n) is 4.56. The fourth-order valence-corrected chi connectivity index (χ4v) is 2.81. The van der Waals surface area contributed by atoms with Crippen molar-refractivity contribution in [2.24, 2.45) is 10.9 Å². The number of nitrogens with zero attached hydrogens (tertiary/aromatic N) is 2. The van der Waals surface area contributed by atoms with E-state index in [4.69, 9.17) is 4.74 Å². The number of morpholine rings is 1. The highest BCUT2D eigenvalue weighted by Crippen LogP contribution is 2.33. The minimum atomic E-state index is 0. The molecular formula is C16H33IN4O. The van der Waals surface area contributed by atoms with Gasteiger partial charge in [-0.1, -0.05) is 12.8 Å². The van der Waals surface area contributed by atoms with Gasteiger partial charge in [0.25, 0.3) is 0 Å². The second-order valence-electron chi connectivity index (χ2n) is 6.85. The van der Waals surface area contributed by atoms with Crippen LogP contribution in [-0.4, -0.2) is 62.8 Å². The van der Waals surface area contributed by atoms with Crippen LogP contribution < -0.4 is 10.6 Å². The number of hydrogen-bond acceptors (Lipinski definition) is 3. The Labute approximate surface area is 152 Å². The third-order valence-corrected chi connectivity index (χ3v) is 4.56. The molecule has 22 heavy (non-hydrogen) atoms. The predicted molar refractivity (Wildman–Crippen MR) is 103 cm³/mol. The summed E-state index contributed by atoms with van der Waals surface area (Å²) in [5, 5.41) is 6.89. The van der Waals surface area contributed by atoms with Crippen molar-refractivity contribution in [2.45, 2.75) is 45.1 Å². The predicted octanol–water partition coefficient (Wildman–Crippen LogP) is 2.07. The molecule has 0 aromatic rings. The molecule has 0 bridgehead atoms. The van der Waals surface area contributed by atoms with Crippen molar-refractivity contribution in [2.75, 3.05) is 46.4 Å². The van der Waals surface area contributed by atoms with Gasteiger partial charge in [-0.05, 0) is 32.6 Å². The van der Waals surface area contributed by atoms with Crippen molar-refractivity contribution in [3.63, 3.8) is 0 Å². The first kappa shape index (κ1) is 20.0. The Morgan fingerprint density at radius 3 is 2.50 bits per heavy atom. The molecule has 0 atom stereocenters. The van der Waals surface area contributed by atoms with Crippen LogP contribution in [0.2, 0.25) is 0 Å². The molecule has 5 nitrogen and oxygen atoms in total. The van der Waals surface area contributed by atoms with Crippen LogP contribution in [0.3, 0.4) is 0 Å². The van der Waals surface area contributed by atoms with Crippen LogP contribution in [0, 0.1) is 5.92 Å². The maximum atomic E-state index is 5.43. The van der Waals surface area contributed by atoms with Crippen molar-refractivity contribution in [1.29, 1.82) is 0 Å². The maximum absolute atomic E-state index is 5.43. The van der Waals surface area contributed by atoms with Crippen molar-refractivity contribution in [3.05, 3.63) is 0 Å². The van der Waals surface area contributed by atoms with Gasteiger partial charge in [0.15, 0.2) is 5.96 Å². The monoisotopic (exact) mass is 424 g/mol. The zero-order valence-corrected chi connectivity index (χ0v) is 16.7. The van der Waals surface area contributed by atoms with E-state index in [1.54, 1.807) is 0 Å². The van der Waals surface area contributed by atoms with Crippen molar-refractivity contribution < 1.29 is 4.74 Å². The highest BCUT2D eigenvalue weighted by Gasteiger charge is 2.28. The van der Waals surface area contributed by atoms with E-state index in [0.29, 0.717) is 0 Å². The van der Waals surface area contributed by atoms with Gasteiger partial charge in [-0.3, -0.25) is 9.89 Å². The van der Waals surface area contributed by atoms with E-state index in [1.807, 2.05) is 7.05 Å². The zero-order valence-electron chi connectivity index (χ0n) is 14.4. The van der Waals surface area contributed by atoms with E-state index >= 15 is 0 Å². The fourth-order valence-electron chi connectivity index (χ4n) is 2.81. The molecule has 0 radical (unpaired) electrons. The molecule has 0 aromatic carbocycles. The molecule has 0 spiro atoms. The standard InChI is InChI=1S/C16H32N4O.HI/c1-16(2,20-9-11-21-12-10-20)13-19-15(17-3)18-8-4-5-14-6-7-14;/h14H,4-13H2,1-3H3,(H2,17,18,19);1H. The number of guanidine groups is 1. The molecule has 0 aromatic heterocycles. The Balaban J connectivity index is 0.00000242. The Morgan fingerprint density at radius 1 is 1.23 bits per heavy atom. The average molecular weight is 424 g/mol. The van der Waals surface area contributed by atoms with Crippen LogP contribution in [0.25, 0.3) is 0 Å². The lowest BCUT2D eigenvalue weighted by molar-refractivity contribution is -0.00833. The highest BCUT2D eigenvalue weighted by molar-refractivity contribution is 14.0. The quantitative estimate of drug-likeness (QED) is 0.284. The Morgan fingerprint density at radius 2 is 1.91 bits per heavy atom. The van der Waals surface area contributed by atoms with E-state index in [9.17, 15) is 0 Å². The summed E-state index contributed by atoms with van der Waals surface area (Å²) in [7, 11) is 1.85. The number of ether oxygens (including phenoxy) is 1. The summed E-state index contributed by atoms with van der Waals surface area (Å²) < 4.78 is 5.43. The van der Waals surface area contributed by atoms with Gasteiger partial charge < -0.3 is 15.4 Å². The van der Waals surface area contributed by atoms with Gasteiger partial charge in [-0.2, -0.15) is 0 Å². The number of nitrogens with one attached hydrogen (secondary N) is 2. The summed E-state index contributed by atoms with van der Waals surface area (Å²) >= 11 is 0. The first-order chi connectivity index (χ1) is 10.1. The molecule has 1 saturated carbocycles. The molecule has 2 N–H and O–H groups in total. The lowest BCUT2D eigenvalue weighted by Gasteiger charge is -2.41. The molecule has 2 rings (SSSR count). The first-order valence-corrected chi connectivity index (χ1v) is 8.39. The summed E-state index contributed by atoms with van der Waals surface area (Å²) in [5.41, 5.74) is 0.120. The lowest BCUT2D eigenvalue weighted by atomic mass is 10.0. The third kappa shape index (κ3) is 7.00. The molecule has 1 aliphatic carbocycles. The maximum Gasteiger partial charge on any atom is 0.191 e. The molecule has 1 heterocycles. The Hall–Kier alpha value is -0.0800. The largest absolute Gasteiger partial charge is 0.379 e. The van der Waals surface area contributed by atoms with Gasteiger partial charge in [0, 0.05) is 38.8 Å². The molecule has 0 amide bonds. The topological polar surface area (TPSA) is 48.9 Å².